The van der Waals surface area contributed by atoms with E-state index in [1.807, 2.05) is 6.92 Å². The highest BCUT2D eigenvalue weighted by Gasteiger charge is 2.20. The smallest absolute Gasteiger partial charge is 0.271 e. The first-order valence-corrected chi connectivity index (χ1v) is 7.95. The molecule has 140 valence electrons. The van der Waals surface area contributed by atoms with Crippen LogP contribution in [0.3, 0.4) is 0 Å². The molecule has 0 amide bonds. The highest BCUT2D eigenvalue weighted by atomic mass is 16.6. The molecule has 1 aromatic heterocycles. The number of ether oxygens (including phenoxy) is 3. The van der Waals surface area contributed by atoms with Crippen LogP contribution < -0.4 is 19.5 Å². The first-order valence-electron chi connectivity index (χ1n) is 7.95. The Morgan fingerprint density at radius 2 is 1.78 bits per heavy atom. The van der Waals surface area contributed by atoms with Crippen LogP contribution in [-0.4, -0.2) is 36.2 Å². The second-order valence-corrected chi connectivity index (χ2v) is 5.65. The molecule has 0 unspecified atom stereocenters. The Labute approximate surface area is 155 Å². The van der Waals surface area contributed by atoms with Gasteiger partial charge in [-0.2, -0.15) is 0 Å². The molecule has 0 bridgehead atoms. The van der Waals surface area contributed by atoms with Crippen molar-refractivity contribution in [2.45, 2.75) is 6.92 Å². The standard InChI is InChI=1S/C18H18N4O5/c1-10-5-6-11(22(23)24)7-13(10)21-18-12-8-14(25-2)16(26-3)17(27-4)15(12)19-9-20-18/h5-9H,1-4H3,(H,19,20,21). The Kier molecular flexibility index (Phi) is 4.93. The maximum absolute atomic E-state index is 11.1. The summed E-state index contributed by atoms with van der Waals surface area (Å²) in [4.78, 5) is 19.2. The molecule has 0 aliphatic carbocycles. The summed E-state index contributed by atoms with van der Waals surface area (Å²) in [7, 11) is 4.54. The Bertz CT molecular complexity index is 1020. The topological polar surface area (TPSA) is 109 Å². The molecular weight excluding hydrogens is 352 g/mol. The molecule has 9 nitrogen and oxygen atoms in total. The van der Waals surface area contributed by atoms with Crippen LogP contribution in [0.4, 0.5) is 17.2 Å². The summed E-state index contributed by atoms with van der Waals surface area (Å²) in [6.45, 7) is 1.85. The quantitative estimate of drug-likeness (QED) is 0.518. The van der Waals surface area contributed by atoms with E-state index in [1.54, 1.807) is 12.1 Å². The van der Waals surface area contributed by atoms with Crippen LogP contribution in [0.25, 0.3) is 10.9 Å². The second-order valence-electron chi connectivity index (χ2n) is 5.65. The van der Waals surface area contributed by atoms with E-state index in [0.29, 0.717) is 39.7 Å². The molecule has 0 aliphatic heterocycles. The molecule has 1 heterocycles. The Morgan fingerprint density at radius 1 is 1.04 bits per heavy atom. The third-order valence-corrected chi connectivity index (χ3v) is 4.12. The van der Waals surface area contributed by atoms with Gasteiger partial charge in [-0.25, -0.2) is 9.97 Å². The van der Waals surface area contributed by atoms with E-state index in [0.717, 1.165) is 5.56 Å². The van der Waals surface area contributed by atoms with Crippen molar-refractivity contribution < 1.29 is 19.1 Å². The lowest BCUT2D eigenvalue weighted by molar-refractivity contribution is -0.384. The molecule has 0 saturated heterocycles. The Morgan fingerprint density at radius 3 is 2.41 bits per heavy atom. The number of benzene rings is 2. The second kappa shape index (κ2) is 7.32. The van der Waals surface area contributed by atoms with E-state index in [1.165, 1.54) is 39.8 Å². The summed E-state index contributed by atoms with van der Waals surface area (Å²) < 4.78 is 16.2. The number of anilines is 2. The molecule has 0 aliphatic rings. The van der Waals surface area contributed by atoms with Crippen LogP contribution in [0.15, 0.2) is 30.6 Å². The van der Waals surface area contributed by atoms with Gasteiger partial charge in [0.15, 0.2) is 11.5 Å². The van der Waals surface area contributed by atoms with Crippen molar-refractivity contribution >= 4 is 28.1 Å². The maximum Gasteiger partial charge on any atom is 0.271 e. The zero-order chi connectivity index (χ0) is 19.6. The van der Waals surface area contributed by atoms with Gasteiger partial charge in [0.2, 0.25) is 5.75 Å². The zero-order valence-corrected chi connectivity index (χ0v) is 15.3. The molecule has 2 aromatic carbocycles. The molecule has 9 heteroatoms. The highest BCUT2D eigenvalue weighted by molar-refractivity contribution is 5.97. The van der Waals surface area contributed by atoms with E-state index in [4.69, 9.17) is 14.2 Å². The molecule has 3 rings (SSSR count). The normalized spacial score (nSPS) is 10.5. The predicted octanol–water partition coefficient (Wildman–Crippen LogP) is 3.62. The van der Waals surface area contributed by atoms with Crippen molar-refractivity contribution in [3.05, 3.63) is 46.3 Å². The van der Waals surface area contributed by atoms with Gasteiger partial charge in [-0.05, 0) is 18.6 Å². The van der Waals surface area contributed by atoms with Gasteiger partial charge in [0.05, 0.1) is 31.6 Å². The number of nitrogens with zero attached hydrogens (tertiary/aromatic N) is 3. The van der Waals surface area contributed by atoms with Crippen LogP contribution in [0.5, 0.6) is 17.2 Å². The molecule has 1 N–H and O–H groups in total. The number of hydrogen-bond donors (Lipinski definition) is 1. The van der Waals surface area contributed by atoms with Crippen LogP contribution >= 0.6 is 0 Å². The number of nitrogens with one attached hydrogen (secondary N) is 1. The lowest BCUT2D eigenvalue weighted by atomic mass is 10.1. The van der Waals surface area contributed by atoms with Crippen molar-refractivity contribution in [2.24, 2.45) is 0 Å². The highest BCUT2D eigenvalue weighted by Crippen LogP contribution is 2.44. The van der Waals surface area contributed by atoms with Crippen molar-refractivity contribution in [3.8, 4) is 17.2 Å². The summed E-state index contributed by atoms with van der Waals surface area (Å²) in [6.07, 6.45) is 1.38. The van der Waals surface area contributed by atoms with E-state index in [9.17, 15) is 10.1 Å². The van der Waals surface area contributed by atoms with Crippen LogP contribution in [-0.2, 0) is 0 Å². The first-order chi connectivity index (χ1) is 13.0. The average Bonchev–Trinajstić information content (AvgIpc) is 2.67. The van der Waals surface area contributed by atoms with Gasteiger partial charge in [-0.15, -0.1) is 0 Å². The summed E-state index contributed by atoms with van der Waals surface area (Å²) >= 11 is 0. The minimum atomic E-state index is -0.445. The minimum absolute atomic E-state index is 0.0155. The van der Waals surface area contributed by atoms with Gasteiger partial charge < -0.3 is 19.5 Å². The molecular formula is C18H18N4O5. The number of hydrogen-bond acceptors (Lipinski definition) is 8. The van der Waals surface area contributed by atoms with Gasteiger partial charge in [0.1, 0.15) is 17.7 Å². The van der Waals surface area contributed by atoms with E-state index < -0.39 is 4.92 Å². The Hall–Kier alpha value is -3.62. The molecule has 0 spiro atoms. The summed E-state index contributed by atoms with van der Waals surface area (Å²) in [5.74, 6) is 1.75. The van der Waals surface area contributed by atoms with Crippen LogP contribution in [0.1, 0.15) is 5.56 Å². The summed E-state index contributed by atoms with van der Waals surface area (Å²) in [5, 5.41) is 14.8. The summed E-state index contributed by atoms with van der Waals surface area (Å²) in [5.41, 5.74) is 1.91. The van der Waals surface area contributed by atoms with E-state index in [2.05, 4.69) is 15.3 Å². The van der Waals surface area contributed by atoms with Crippen molar-refractivity contribution in [2.75, 3.05) is 26.6 Å². The van der Waals surface area contributed by atoms with Gasteiger partial charge in [0.25, 0.3) is 5.69 Å². The largest absolute Gasteiger partial charge is 0.493 e. The van der Waals surface area contributed by atoms with E-state index >= 15 is 0 Å². The van der Waals surface area contributed by atoms with E-state index in [-0.39, 0.29) is 5.69 Å². The lowest BCUT2D eigenvalue weighted by Gasteiger charge is -2.16. The fraction of sp³-hybridized carbons (Fsp3) is 0.222. The monoisotopic (exact) mass is 370 g/mol. The van der Waals surface area contributed by atoms with Gasteiger partial charge in [-0.1, -0.05) is 6.07 Å². The third kappa shape index (κ3) is 3.26. The molecule has 3 aromatic rings. The van der Waals surface area contributed by atoms with Gasteiger partial charge in [0, 0.05) is 17.8 Å². The summed E-state index contributed by atoms with van der Waals surface area (Å²) in [6, 6.07) is 6.32. The van der Waals surface area contributed by atoms with Crippen molar-refractivity contribution in [3.63, 3.8) is 0 Å². The number of non-ortho nitro benzene ring substituents is 1. The number of methoxy groups -OCH3 is 3. The fourth-order valence-electron chi connectivity index (χ4n) is 2.75. The molecule has 0 saturated carbocycles. The molecule has 0 atom stereocenters. The maximum atomic E-state index is 11.1. The van der Waals surface area contributed by atoms with Crippen LogP contribution in [0.2, 0.25) is 0 Å². The average molecular weight is 370 g/mol. The molecule has 0 fully saturated rings. The Balaban J connectivity index is 2.19. The first kappa shape index (κ1) is 18.2. The number of nitro groups is 1. The number of nitro benzene ring substituents is 1. The third-order valence-electron chi connectivity index (χ3n) is 4.12. The SMILES string of the molecule is COc1cc2c(Nc3cc([N+](=O)[O-])ccc3C)ncnc2c(OC)c1OC. The lowest BCUT2D eigenvalue weighted by Crippen LogP contribution is -2.02. The predicted molar refractivity (Wildman–Crippen MR) is 100 cm³/mol. The van der Waals surface area contributed by atoms with Crippen LogP contribution in [0, 0.1) is 17.0 Å². The molecule has 27 heavy (non-hydrogen) atoms. The number of fused-ring (bicyclic) bond motifs is 1. The minimum Gasteiger partial charge on any atom is -0.493 e. The van der Waals surface area contributed by atoms with Gasteiger partial charge in [-0.3, -0.25) is 10.1 Å². The molecule has 0 radical (unpaired) electrons. The van der Waals surface area contributed by atoms with Gasteiger partial charge >= 0.3 is 0 Å². The number of rotatable bonds is 6. The number of aryl methyl sites for hydroxylation is 1. The number of aromatic nitrogens is 2. The van der Waals surface area contributed by atoms with Crippen molar-refractivity contribution in [1.82, 2.24) is 9.97 Å². The van der Waals surface area contributed by atoms with Crippen molar-refractivity contribution in [1.29, 1.82) is 0 Å². The fourth-order valence-corrected chi connectivity index (χ4v) is 2.75. The zero-order valence-electron chi connectivity index (χ0n) is 15.3.